The van der Waals surface area contributed by atoms with Crippen LogP contribution in [0.1, 0.15) is 11.3 Å². The van der Waals surface area contributed by atoms with Gasteiger partial charge in [0.2, 0.25) is 0 Å². The standard InChI is InChI=1S/C17H12ClF3N4/c1-22-9-15-16(24-25-23-15)11-4-2-10(3-5-11)12-6-7-14(18)13(8-12)17(19,20)21/h2-9H,1H3,(H,23,24,25)/b22-9+. The van der Waals surface area contributed by atoms with Gasteiger partial charge in [0.25, 0.3) is 0 Å². The molecule has 0 spiro atoms. The van der Waals surface area contributed by atoms with E-state index in [0.29, 0.717) is 22.5 Å². The van der Waals surface area contributed by atoms with E-state index in [1.807, 2.05) is 0 Å². The molecule has 25 heavy (non-hydrogen) atoms. The molecule has 0 aliphatic rings. The molecule has 1 heterocycles. The highest BCUT2D eigenvalue weighted by Crippen LogP contribution is 2.37. The van der Waals surface area contributed by atoms with Crippen LogP contribution in [0.2, 0.25) is 5.02 Å². The molecule has 3 aromatic rings. The molecule has 0 fully saturated rings. The van der Waals surface area contributed by atoms with Crippen LogP contribution in [0.25, 0.3) is 22.4 Å². The number of aromatic amines is 1. The Balaban J connectivity index is 1.97. The van der Waals surface area contributed by atoms with Gasteiger partial charge in [-0.3, -0.25) is 10.1 Å². The van der Waals surface area contributed by atoms with Crippen LogP contribution in [0, 0.1) is 0 Å². The Kier molecular flexibility index (Phi) is 4.59. The number of rotatable bonds is 3. The van der Waals surface area contributed by atoms with E-state index in [1.54, 1.807) is 43.6 Å². The number of nitrogens with zero attached hydrogens (tertiary/aromatic N) is 3. The van der Waals surface area contributed by atoms with Crippen molar-refractivity contribution in [1.82, 2.24) is 15.4 Å². The van der Waals surface area contributed by atoms with Crippen molar-refractivity contribution < 1.29 is 13.2 Å². The molecule has 1 N–H and O–H groups in total. The van der Waals surface area contributed by atoms with Gasteiger partial charge < -0.3 is 0 Å². The van der Waals surface area contributed by atoms with Gasteiger partial charge in [-0.25, -0.2) is 0 Å². The summed E-state index contributed by atoms with van der Waals surface area (Å²) in [6, 6.07) is 10.8. The summed E-state index contributed by atoms with van der Waals surface area (Å²) in [5.74, 6) is 0. The van der Waals surface area contributed by atoms with Crippen LogP contribution in [0.4, 0.5) is 13.2 Å². The fourth-order valence-electron chi connectivity index (χ4n) is 2.41. The lowest BCUT2D eigenvalue weighted by Gasteiger charge is -2.11. The number of benzene rings is 2. The smallest absolute Gasteiger partial charge is 0.294 e. The van der Waals surface area contributed by atoms with Crippen molar-refractivity contribution in [2.75, 3.05) is 7.05 Å². The number of aromatic nitrogens is 3. The fourth-order valence-corrected chi connectivity index (χ4v) is 2.64. The second-order valence-corrected chi connectivity index (χ2v) is 5.64. The lowest BCUT2D eigenvalue weighted by molar-refractivity contribution is -0.137. The molecule has 2 aromatic carbocycles. The number of H-pyrrole nitrogens is 1. The quantitative estimate of drug-likeness (QED) is 0.675. The van der Waals surface area contributed by atoms with Gasteiger partial charge in [-0.05, 0) is 23.3 Å². The van der Waals surface area contributed by atoms with E-state index in [0.717, 1.165) is 11.6 Å². The van der Waals surface area contributed by atoms with Crippen LogP contribution < -0.4 is 0 Å². The minimum absolute atomic E-state index is 0.320. The van der Waals surface area contributed by atoms with Gasteiger partial charge in [-0.1, -0.05) is 47.1 Å². The molecular formula is C17H12ClF3N4. The first-order valence-electron chi connectivity index (χ1n) is 7.21. The second-order valence-electron chi connectivity index (χ2n) is 5.23. The van der Waals surface area contributed by atoms with Crippen molar-refractivity contribution >= 4 is 17.8 Å². The third-order valence-electron chi connectivity index (χ3n) is 3.60. The van der Waals surface area contributed by atoms with Gasteiger partial charge in [0, 0.05) is 18.8 Å². The van der Waals surface area contributed by atoms with Crippen molar-refractivity contribution in [3.05, 3.63) is 58.7 Å². The minimum atomic E-state index is -4.50. The first-order valence-corrected chi connectivity index (χ1v) is 7.58. The van der Waals surface area contributed by atoms with Gasteiger partial charge >= 0.3 is 6.18 Å². The van der Waals surface area contributed by atoms with Crippen LogP contribution in [0.3, 0.4) is 0 Å². The summed E-state index contributed by atoms with van der Waals surface area (Å²) in [7, 11) is 1.63. The second kappa shape index (κ2) is 6.68. The van der Waals surface area contributed by atoms with Crippen molar-refractivity contribution in [1.29, 1.82) is 0 Å². The minimum Gasteiger partial charge on any atom is -0.294 e. The molecule has 0 bridgehead atoms. The molecule has 4 nitrogen and oxygen atoms in total. The van der Waals surface area contributed by atoms with E-state index in [2.05, 4.69) is 20.4 Å². The molecule has 0 amide bonds. The van der Waals surface area contributed by atoms with Crippen LogP contribution in [0.5, 0.6) is 0 Å². The maximum Gasteiger partial charge on any atom is 0.417 e. The van der Waals surface area contributed by atoms with E-state index in [9.17, 15) is 13.2 Å². The largest absolute Gasteiger partial charge is 0.417 e. The zero-order valence-electron chi connectivity index (χ0n) is 13.0. The summed E-state index contributed by atoms with van der Waals surface area (Å²) in [5.41, 5.74) is 2.26. The Labute approximate surface area is 146 Å². The fraction of sp³-hybridized carbons (Fsp3) is 0.118. The topological polar surface area (TPSA) is 53.9 Å². The molecule has 0 radical (unpaired) electrons. The highest BCUT2D eigenvalue weighted by molar-refractivity contribution is 6.31. The molecule has 128 valence electrons. The van der Waals surface area contributed by atoms with E-state index in [1.165, 1.54) is 6.07 Å². The van der Waals surface area contributed by atoms with Gasteiger partial charge in [-0.15, -0.1) is 5.10 Å². The molecule has 0 aliphatic heterocycles. The Morgan fingerprint density at radius 2 is 1.68 bits per heavy atom. The average molecular weight is 365 g/mol. The number of nitrogens with one attached hydrogen (secondary N) is 1. The van der Waals surface area contributed by atoms with Gasteiger partial charge in [-0.2, -0.15) is 13.2 Å². The zero-order chi connectivity index (χ0) is 18.0. The summed E-state index contributed by atoms with van der Waals surface area (Å²) in [4.78, 5) is 3.92. The summed E-state index contributed by atoms with van der Waals surface area (Å²) < 4.78 is 39.0. The molecule has 0 saturated heterocycles. The predicted octanol–water partition coefficient (Wildman–Crippen LogP) is 4.86. The third kappa shape index (κ3) is 3.56. The lowest BCUT2D eigenvalue weighted by atomic mass is 10.0. The molecule has 3 rings (SSSR count). The van der Waals surface area contributed by atoms with Crippen molar-refractivity contribution in [2.45, 2.75) is 6.18 Å². The summed E-state index contributed by atoms with van der Waals surface area (Å²) in [5, 5.41) is 10.2. The summed E-state index contributed by atoms with van der Waals surface area (Å²) in [6.45, 7) is 0. The Morgan fingerprint density at radius 1 is 1.04 bits per heavy atom. The predicted molar refractivity (Wildman–Crippen MR) is 90.8 cm³/mol. The monoisotopic (exact) mass is 364 g/mol. The third-order valence-corrected chi connectivity index (χ3v) is 3.93. The molecule has 0 aliphatic carbocycles. The van der Waals surface area contributed by atoms with E-state index in [4.69, 9.17) is 11.6 Å². The molecule has 0 saturated carbocycles. The summed E-state index contributed by atoms with van der Waals surface area (Å²) in [6.07, 6.45) is -2.90. The van der Waals surface area contributed by atoms with Gasteiger partial charge in [0.1, 0.15) is 11.4 Å². The summed E-state index contributed by atoms with van der Waals surface area (Å²) >= 11 is 5.66. The zero-order valence-corrected chi connectivity index (χ0v) is 13.7. The van der Waals surface area contributed by atoms with E-state index >= 15 is 0 Å². The van der Waals surface area contributed by atoms with Crippen molar-refractivity contribution in [3.8, 4) is 22.4 Å². The highest BCUT2D eigenvalue weighted by Gasteiger charge is 2.33. The molecule has 0 unspecified atom stereocenters. The number of halogens is 4. The van der Waals surface area contributed by atoms with E-state index in [-0.39, 0.29) is 5.02 Å². The maximum atomic E-state index is 13.0. The first-order chi connectivity index (χ1) is 11.9. The van der Waals surface area contributed by atoms with Crippen LogP contribution in [-0.4, -0.2) is 28.7 Å². The first kappa shape index (κ1) is 17.2. The van der Waals surface area contributed by atoms with Gasteiger partial charge in [0.05, 0.1) is 10.6 Å². The maximum absolute atomic E-state index is 13.0. The molecule has 0 atom stereocenters. The normalized spacial score (nSPS) is 12.0. The molecule has 1 aromatic heterocycles. The van der Waals surface area contributed by atoms with Crippen molar-refractivity contribution in [3.63, 3.8) is 0 Å². The number of aliphatic imine (C=N–C) groups is 1. The molecular weight excluding hydrogens is 353 g/mol. The average Bonchev–Trinajstić information content (AvgIpc) is 3.03. The van der Waals surface area contributed by atoms with Crippen LogP contribution >= 0.6 is 11.6 Å². The SMILES string of the molecule is C/N=C/c1[nH]nnc1-c1ccc(-c2ccc(Cl)c(C(F)(F)F)c2)cc1. The molecule has 8 heteroatoms. The van der Waals surface area contributed by atoms with Crippen LogP contribution in [-0.2, 0) is 6.18 Å². The Morgan fingerprint density at radius 3 is 2.32 bits per heavy atom. The Hall–Kier alpha value is -2.67. The van der Waals surface area contributed by atoms with Gasteiger partial charge in [0.15, 0.2) is 0 Å². The van der Waals surface area contributed by atoms with E-state index < -0.39 is 11.7 Å². The number of hydrogen-bond acceptors (Lipinski definition) is 3. The highest BCUT2D eigenvalue weighted by atomic mass is 35.5. The Bertz CT molecular complexity index is 914. The van der Waals surface area contributed by atoms with Crippen LogP contribution in [0.15, 0.2) is 47.5 Å². The number of alkyl halides is 3. The number of hydrogen-bond donors (Lipinski definition) is 1. The van der Waals surface area contributed by atoms with Crippen molar-refractivity contribution in [2.24, 2.45) is 4.99 Å². The lowest BCUT2D eigenvalue weighted by Crippen LogP contribution is -2.05.